The standard InChI is InChI=1S/C57H104N6O23/c1-5-57(86-33-22-50(76)60-25-14-8-11-17-30-85-56(80)52(63-42(4)70)54(78)46(72)19-27-65,38-81-31-20-48(74)58-23-12-6-9-15-28-83-44(35-61-40(2)68)34-43(36-66)47(73)37-67)39-82-32-21-49(75)59-24-13-7-10-16-29-84-55(79)51(62-41(3)69)53(77)45(71)18-26-64/h34,44-47,55-56,64-67,71-73,77-80H,5-33,35-39H2,1-4H3,(H,58,74)(H,59,75)(H,60,76)(H,61,68)(H,62,69)(H,63,70)/b43-34+,53-51+,54-52+/t44-,45+,46+,47-,55+,56+,57?/m1/s1. The molecule has 0 aliphatic rings. The van der Waals surface area contributed by atoms with Crippen LogP contribution in [0.5, 0.6) is 0 Å². The van der Waals surface area contributed by atoms with Gasteiger partial charge >= 0.3 is 0 Å². The third-order valence-corrected chi connectivity index (χ3v) is 13.0. The van der Waals surface area contributed by atoms with Gasteiger partial charge in [0, 0.05) is 98.9 Å². The van der Waals surface area contributed by atoms with E-state index in [1.807, 2.05) is 6.92 Å². The van der Waals surface area contributed by atoms with Crippen LogP contribution in [0.1, 0.15) is 143 Å². The smallest absolute Gasteiger partial charge is 0.222 e. The number of carbonyl (C=O) groups is 6. The average Bonchev–Trinajstić information content (AvgIpc) is 3.57. The van der Waals surface area contributed by atoms with Gasteiger partial charge in [0.15, 0.2) is 12.6 Å². The van der Waals surface area contributed by atoms with E-state index in [0.717, 1.165) is 26.7 Å². The fraction of sp³-hybridized carbons (Fsp3) is 0.789. The lowest BCUT2D eigenvalue weighted by molar-refractivity contribution is -0.147. The van der Waals surface area contributed by atoms with Crippen molar-refractivity contribution in [2.24, 2.45) is 0 Å². The van der Waals surface area contributed by atoms with Gasteiger partial charge in [0.2, 0.25) is 35.4 Å². The number of rotatable bonds is 55. The maximum Gasteiger partial charge on any atom is 0.222 e. The molecule has 6 amide bonds. The van der Waals surface area contributed by atoms with Crippen molar-refractivity contribution in [3.63, 3.8) is 0 Å². The second-order valence-electron chi connectivity index (χ2n) is 20.4. The molecule has 0 saturated carbocycles. The molecule has 29 nitrogen and oxygen atoms in total. The highest BCUT2D eigenvalue weighted by Gasteiger charge is 2.31. The Bertz CT molecular complexity index is 1980. The molecule has 0 rings (SSSR count). The van der Waals surface area contributed by atoms with Crippen molar-refractivity contribution < 1.29 is 113 Å². The molecule has 0 aromatic heterocycles. The minimum atomic E-state index is -1.73. The zero-order chi connectivity index (χ0) is 64.5. The van der Waals surface area contributed by atoms with Gasteiger partial charge < -0.3 is 116 Å². The molecule has 0 spiro atoms. The van der Waals surface area contributed by atoms with Gasteiger partial charge in [-0.3, -0.25) is 28.8 Å². The van der Waals surface area contributed by atoms with Gasteiger partial charge in [0.1, 0.15) is 46.8 Å². The summed E-state index contributed by atoms with van der Waals surface area (Å²) < 4.78 is 34.7. The molecule has 0 radical (unpaired) electrons. The summed E-state index contributed by atoms with van der Waals surface area (Å²) in [7, 11) is 0. The summed E-state index contributed by atoms with van der Waals surface area (Å²) in [6.45, 7) is 5.52. The predicted octanol–water partition coefficient (Wildman–Crippen LogP) is -0.854. The molecular formula is C57H104N6O23. The number of amides is 6. The van der Waals surface area contributed by atoms with Crippen LogP contribution >= 0.6 is 0 Å². The fourth-order valence-corrected chi connectivity index (χ4v) is 7.92. The number of ether oxygens (including phenoxy) is 6. The van der Waals surface area contributed by atoms with Gasteiger partial charge in [-0.1, -0.05) is 45.4 Å². The van der Waals surface area contributed by atoms with Crippen molar-refractivity contribution in [1.82, 2.24) is 31.9 Å². The number of unbranched alkanes of at least 4 members (excludes halogenated alkanes) is 9. The lowest BCUT2D eigenvalue weighted by Gasteiger charge is -2.32. The molecule has 0 aromatic rings. The van der Waals surface area contributed by atoms with Crippen LogP contribution in [0, 0.1) is 0 Å². The van der Waals surface area contributed by atoms with Gasteiger partial charge in [0.05, 0.1) is 65.6 Å². The van der Waals surface area contributed by atoms with Crippen LogP contribution in [0.2, 0.25) is 0 Å². The Hall–Kier alpha value is -4.96. The van der Waals surface area contributed by atoms with E-state index in [-0.39, 0.29) is 114 Å². The SMILES string of the molecule is CCC(COCCC(=O)NCCCCCCO[C@H](/C=C(\CO)[C@H](O)CO)CNC(C)=O)(COCCC(=O)NCCCCCCO[C@H](O)/C(NC(C)=O)=C(\O)[C@@H](O)CCO)OCCC(=O)NCCCCCCO[C@H](O)/C(NC(C)=O)=C(\O)[C@@H](O)CCO. The molecule has 0 saturated heterocycles. The zero-order valence-electron chi connectivity index (χ0n) is 50.9. The Morgan fingerprint density at radius 2 is 0.884 bits per heavy atom. The van der Waals surface area contributed by atoms with Gasteiger partial charge in [-0.2, -0.15) is 0 Å². The van der Waals surface area contributed by atoms with Gasteiger partial charge in [-0.05, 0) is 56.6 Å². The maximum absolute atomic E-state index is 12.8. The Kier molecular flexibility index (Phi) is 48.0. The van der Waals surface area contributed by atoms with Crippen LogP contribution in [0.3, 0.4) is 0 Å². The summed E-state index contributed by atoms with van der Waals surface area (Å²) in [5, 5.41) is 124. The third kappa shape index (κ3) is 40.5. The van der Waals surface area contributed by atoms with E-state index < -0.39 is 104 Å². The van der Waals surface area contributed by atoms with Crippen LogP contribution in [0.25, 0.3) is 0 Å². The highest BCUT2D eigenvalue weighted by molar-refractivity contribution is 5.77. The number of carbonyl (C=O) groups excluding carboxylic acids is 6. The van der Waals surface area contributed by atoms with E-state index in [0.29, 0.717) is 96.9 Å². The summed E-state index contributed by atoms with van der Waals surface area (Å²) in [5.41, 5.74) is -1.68. The van der Waals surface area contributed by atoms with Crippen molar-refractivity contribution in [3.8, 4) is 0 Å². The molecule has 0 aliphatic heterocycles. The minimum absolute atomic E-state index is 0.00971. The Morgan fingerprint density at radius 1 is 0.488 bits per heavy atom. The molecule has 0 fully saturated rings. The van der Waals surface area contributed by atoms with Crippen molar-refractivity contribution in [1.29, 1.82) is 0 Å². The van der Waals surface area contributed by atoms with Crippen molar-refractivity contribution in [3.05, 3.63) is 34.6 Å². The summed E-state index contributed by atoms with van der Waals surface area (Å²) in [4.78, 5) is 72.8. The number of nitrogens with one attached hydrogen (secondary N) is 6. The molecule has 0 aliphatic carbocycles. The molecule has 1 unspecified atom stereocenters. The maximum atomic E-state index is 12.8. The van der Waals surface area contributed by atoms with Gasteiger partial charge in [-0.25, -0.2) is 0 Å². The van der Waals surface area contributed by atoms with Crippen LogP contribution in [0.15, 0.2) is 34.6 Å². The quantitative estimate of drug-likeness (QED) is 0.0153. The van der Waals surface area contributed by atoms with Crippen LogP contribution in [-0.4, -0.2) is 240 Å². The molecule has 0 bridgehead atoms. The summed E-state index contributed by atoms with van der Waals surface area (Å²) in [6, 6.07) is 0. The first-order valence-electron chi connectivity index (χ1n) is 29.7. The fourth-order valence-electron chi connectivity index (χ4n) is 7.92. The number of aliphatic hydroxyl groups excluding tert-OH is 11. The lowest BCUT2D eigenvalue weighted by Crippen LogP contribution is -2.43. The van der Waals surface area contributed by atoms with Gasteiger partial charge in [0.25, 0.3) is 0 Å². The van der Waals surface area contributed by atoms with E-state index in [1.54, 1.807) is 0 Å². The monoisotopic (exact) mass is 1240 g/mol. The van der Waals surface area contributed by atoms with Crippen molar-refractivity contribution in [2.45, 2.75) is 186 Å². The Labute approximate surface area is 505 Å². The van der Waals surface area contributed by atoms with E-state index in [4.69, 9.17) is 38.6 Å². The summed E-state index contributed by atoms with van der Waals surface area (Å²) in [6.07, 6.45) is 1.17. The lowest BCUT2D eigenvalue weighted by atomic mass is 10.0. The largest absolute Gasteiger partial charge is 0.508 e. The number of hydrogen-bond donors (Lipinski definition) is 17. The van der Waals surface area contributed by atoms with E-state index >= 15 is 0 Å². The van der Waals surface area contributed by atoms with Crippen molar-refractivity contribution in [2.75, 3.05) is 105 Å². The molecule has 0 aromatic carbocycles. The zero-order valence-corrected chi connectivity index (χ0v) is 50.9. The second kappa shape index (κ2) is 51.0. The first-order chi connectivity index (χ1) is 41.1. The minimum Gasteiger partial charge on any atom is -0.508 e. The third-order valence-electron chi connectivity index (χ3n) is 13.0. The summed E-state index contributed by atoms with van der Waals surface area (Å²) >= 11 is 0. The molecule has 29 heteroatoms. The van der Waals surface area contributed by atoms with Crippen LogP contribution < -0.4 is 31.9 Å². The molecular weight excluding hydrogens is 1140 g/mol. The van der Waals surface area contributed by atoms with Gasteiger partial charge in [-0.15, -0.1) is 0 Å². The molecule has 17 N–H and O–H groups in total. The normalized spacial score (nSPS) is 15.2. The summed E-state index contributed by atoms with van der Waals surface area (Å²) in [5.74, 6) is -3.65. The van der Waals surface area contributed by atoms with E-state index in [1.165, 1.54) is 13.0 Å². The Morgan fingerprint density at radius 3 is 1.24 bits per heavy atom. The number of aliphatic hydroxyl groups is 11. The average molecular weight is 1240 g/mol. The molecule has 86 heavy (non-hydrogen) atoms. The predicted molar refractivity (Wildman–Crippen MR) is 312 cm³/mol. The Balaban J connectivity index is 5.16. The highest BCUT2D eigenvalue weighted by Crippen LogP contribution is 2.20. The van der Waals surface area contributed by atoms with E-state index in [2.05, 4.69) is 31.9 Å². The van der Waals surface area contributed by atoms with Crippen LogP contribution in [-0.2, 0) is 57.2 Å². The van der Waals surface area contributed by atoms with Crippen molar-refractivity contribution >= 4 is 35.4 Å². The number of hydrogen-bond acceptors (Lipinski definition) is 23. The highest BCUT2D eigenvalue weighted by atomic mass is 16.6. The second-order valence-corrected chi connectivity index (χ2v) is 20.4. The molecule has 500 valence electrons. The first-order valence-corrected chi connectivity index (χ1v) is 29.7. The molecule has 0 heterocycles. The molecule has 7 atom stereocenters. The van der Waals surface area contributed by atoms with E-state index in [9.17, 15) is 74.7 Å². The first kappa shape index (κ1) is 81.0. The topological polar surface area (TPSA) is 453 Å². The van der Waals surface area contributed by atoms with Crippen LogP contribution in [0.4, 0.5) is 0 Å².